The lowest BCUT2D eigenvalue weighted by atomic mass is 9.96. The minimum Gasteiger partial charge on any atom is -0.425 e. The molecule has 6 heteroatoms. The average molecular weight is 331 g/mol. The molecule has 5 nitrogen and oxygen atoms in total. The van der Waals surface area contributed by atoms with Crippen LogP contribution in [0, 0.1) is 12.7 Å². The fourth-order valence-electron chi connectivity index (χ4n) is 3.11. The van der Waals surface area contributed by atoms with E-state index < -0.39 is 0 Å². The number of carbonyl (C=O) groups excluding carboxylic acids is 1. The van der Waals surface area contributed by atoms with Crippen LogP contribution in [0.5, 0.6) is 0 Å². The van der Waals surface area contributed by atoms with Crippen LogP contribution in [-0.2, 0) is 11.2 Å². The van der Waals surface area contributed by atoms with Crippen LogP contribution in [0.4, 0.5) is 4.39 Å². The molecule has 1 amide bonds. The van der Waals surface area contributed by atoms with E-state index in [0.29, 0.717) is 18.2 Å². The summed E-state index contributed by atoms with van der Waals surface area (Å²) in [7, 11) is 0. The van der Waals surface area contributed by atoms with Gasteiger partial charge in [-0.3, -0.25) is 4.79 Å². The highest BCUT2D eigenvalue weighted by Gasteiger charge is 2.26. The standard InChI is InChI=1S/C18H22FN3O2/c1-13-20-21-18(24-13)15-9-11-22(12-10-15)17(23)4-2-3-14-5-7-16(19)8-6-14/h5-8,15H,2-4,9-12H2,1H3. The van der Waals surface area contributed by atoms with E-state index in [1.807, 2.05) is 4.90 Å². The lowest BCUT2D eigenvalue weighted by molar-refractivity contribution is -0.132. The Kier molecular flexibility index (Phi) is 5.23. The molecule has 2 aromatic rings. The Balaban J connectivity index is 1.41. The van der Waals surface area contributed by atoms with Crippen molar-refractivity contribution in [2.45, 2.75) is 44.9 Å². The molecule has 1 aliphatic heterocycles. The molecule has 128 valence electrons. The summed E-state index contributed by atoms with van der Waals surface area (Å²) in [5.41, 5.74) is 1.06. The lowest BCUT2D eigenvalue weighted by Crippen LogP contribution is -2.37. The van der Waals surface area contributed by atoms with E-state index in [1.165, 1.54) is 12.1 Å². The fraction of sp³-hybridized carbons (Fsp3) is 0.500. The second kappa shape index (κ2) is 7.55. The van der Waals surface area contributed by atoms with Gasteiger partial charge in [-0.15, -0.1) is 10.2 Å². The highest BCUT2D eigenvalue weighted by Crippen LogP contribution is 2.27. The van der Waals surface area contributed by atoms with Crippen LogP contribution in [0.3, 0.4) is 0 Å². The maximum Gasteiger partial charge on any atom is 0.222 e. The number of carbonyl (C=O) groups is 1. The number of nitrogens with zero attached hydrogens (tertiary/aromatic N) is 3. The first-order valence-electron chi connectivity index (χ1n) is 8.44. The molecule has 1 saturated heterocycles. The monoisotopic (exact) mass is 331 g/mol. The largest absolute Gasteiger partial charge is 0.425 e. The minimum absolute atomic E-state index is 0.192. The highest BCUT2D eigenvalue weighted by atomic mass is 19.1. The van der Waals surface area contributed by atoms with Gasteiger partial charge in [0.25, 0.3) is 0 Å². The second-order valence-corrected chi connectivity index (χ2v) is 6.29. The Hall–Kier alpha value is -2.24. The van der Waals surface area contributed by atoms with Crippen molar-refractivity contribution < 1.29 is 13.6 Å². The Morgan fingerprint density at radius 1 is 1.25 bits per heavy atom. The van der Waals surface area contributed by atoms with Crippen molar-refractivity contribution in [1.29, 1.82) is 0 Å². The molecular formula is C18H22FN3O2. The van der Waals surface area contributed by atoms with E-state index >= 15 is 0 Å². The van der Waals surface area contributed by atoms with E-state index in [-0.39, 0.29) is 17.6 Å². The summed E-state index contributed by atoms with van der Waals surface area (Å²) in [6, 6.07) is 6.47. The van der Waals surface area contributed by atoms with Gasteiger partial charge >= 0.3 is 0 Å². The van der Waals surface area contributed by atoms with Gasteiger partial charge in [0.2, 0.25) is 17.7 Å². The summed E-state index contributed by atoms with van der Waals surface area (Å²) in [4.78, 5) is 14.2. The van der Waals surface area contributed by atoms with Gasteiger partial charge in [0.15, 0.2) is 0 Å². The first kappa shape index (κ1) is 16.6. The first-order chi connectivity index (χ1) is 11.6. The molecule has 2 heterocycles. The Morgan fingerprint density at radius 3 is 2.58 bits per heavy atom. The summed E-state index contributed by atoms with van der Waals surface area (Å²) >= 11 is 0. The number of halogens is 1. The summed E-state index contributed by atoms with van der Waals surface area (Å²) in [6.45, 7) is 3.26. The molecule has 0 aliphatic carbocycles. The van der Waals surface area contributed by atoms with E-state index in [4.69, 9.17) is 4.42 Å². The van der Waals surface area contributed by atoms with Gasteiger partial charge < -0.3 is 9.32 Å². The summed E-state index contributed by atoms with van der Waals surface area (Å²) in [6.07, 6.45) is 3.84. The van der Waals surface area contributed by atoms with E-state index in [2.05, 4.69) is 10.2 Å². The summed E-state index contributed by atoms with van der Waals surface area (Å²) in [5.74, 6) is 1.50. The van der Waals surface area contributed by atoms with Crippen LogP contribution in [0.25, 0.3) is 0 Å². The Morgan fingerprint density at radius 2 is 1.96 bits per heavy atom. The van der Waals surface area contributed by atoms with E-state index in [1.54, 1.807) is 19.1 Å². The van der Waals surface area contributed by atoms with Crippen molar-refractivity contribution in [1.82, 2.24) is 15.1 Å². The van der Waals surface area contributed by atoms with Crippen LogP contribution in [0.2, 0.25) is 0 Å². The van der Waals surface area contributed by atoms with E-state index in [9.17, 15) is 9.18 Å². The number of amides is 1. The zero-order valence-corrected chi connectivity index (χ0v) is 13.9. The third kappa shape index (κ3) is 4.19. The van der Waals surface area contributed by atoms with Gasteiger partial charge in [-0.25, -0.2) is 4.39 Å². The number of rotatable bonds is 5. The molecule has 3 rings (SSSR count). The first-order valence-corrected chi connectivity index (χ1v) is 8.44. The zero-order chi connectivity index (χ0) is 16.9. The van der Waals surface area contributed by atoms with Gasteiger partial charge in [0, 0.05) is 32.4 Å². The molecule has 1 aromatic heterocycles. The smallest absolute Gasteiger partial charge is 0.222 e. The number of benzene rings is 1. The van der Waals surface area contributed by atoms with Crippen molar-refractivity contribution in [3.8, 4) is 0 Å². The molecule has 0 radical (unpaired) electrons. The molecule has 0 saturated carbocycles. The van der Waals surface area contributed by atoms with Crippen molar-refractivity contribution in [2.75, 3.05) is 13.1 Å². The number of hydrogen-bond donors (Lipinski definition) is 0. The fourth-order valence-corrected chi connectivity index (χ4v) is 3.11. The molecule has 0 N–H and O–H groups in total. The topological polar surface area (TPSA) is 59.2 Å². The normalized spacial score (nSPS) is 15.7. The average Bonchev–Trinajstić information content (AvgIpc) is 3.03. The van der Waals surface area contributed by atoms with Crippen LogP contribution in [0.1, 0.15) is 48.9 Å². The van der Waals surface area contributed by atoms with Crippen molar-refractivity contribution in [2.24, 2.45) is 0 Å². The quantitative estimate of drug-likeness (QED) is 0.844. The molecule has 0 spiro atoms. The van der Waals surface area contributed by atoms with Gasteiger partial charge in [0.1, 0.15) is 5.82 Å². The third-order valence-electron chi connectivity index (χ3n) is 4.51. The lowest BCUT2D eigenvalue weighted by Gasteiger charge is -2.30. The second-order valence-electron chi connectivity index (χ2n) is 6.29. The number of aromatic nitrogens is 2. The van der Waals surface area contributed by atoms with Crippen LogP contribution >= 0.6 is 0 Å². The van der Waals surface area contributed by atoms with Crippen LogP contribution in [-0.4, -0.2) is 34.1 Å². The predicted molar refractivity (Wildman–Crippen MR) is 86.9 cm³/mol. The van der Waals surface area contributed by atoms with Crippen LogP contribution < -0.4 is 0 Å². The molecule has 24 heavy (non-hydrogen) atoms. The SMILES string of the molecule is Cc1nnc(C2CCN(C(=O)CCCc3ccc(F)cc3)CC2)o1. The Labute approximate surface area is 140 Å². The van der Waals surface area contributed by atoms with Crippen molar-refractivity contribution >= 4 is 5.91 Å². The van der Waals surface area contributed by atoms with E-state index in [0.717, 1.165) is 44.3 Å². The predicted octanol–water partition coefficient (Wildman–Crippen LogP) is 3.25. The zero-order valence-electron chi connectivity index (χ0n) is 13.9. The molecule has 1 aliphatic rings. The molecule has 0 atom stereocenters. The Bertz CT molecular complexity index is 676. The number of hydrogen-bond acceptors (Lipinski definition) is 4. The summed E-state index contributed by atoms with van der Waals surface area (Å²) in [5, 5.41) is 7.95. The molecule has 0 unspecified atom stereocenters. The van der Waals surface area contributed by atoms with Gasteiger partial charge in [0.05, 0.1) is 0 Å². The van der Waals surface area contributed by atoms with Crippen LogP contribution in [0.15, 0.2) is 28.7 Å². The van der Waals surface area contributed by atoms with Crippen molar-refractivity contribution in [3.63, 3.8) is 0 Å². The van der Waals surface area contributed by atoms with Gasteiger partial charge in [-0.1, -0.05) is 12.1 Å². The molecule has 1 aromatic carbocycles. The van der Waals surface area contributed by atoms with Gasteiger partial charge in [-0.2, -0.15) is 0 Å². The number of likely N-dealkylation sites (tertiary alicyclic amines) is 1. The van der Waals surface area contributed by atoms with Gasteiger partial charge in [-0.05, 0) is 43.4 Å². The number of aryl methyl sites for hydroxylation is 2. The molecule has 1 fully saturated rings. The third-order valence-corrected chi connectivity index (χ3v) is 4.51. The summed E-state index contributed by atoms with van der Waals surface area (Å²) < 4.78 is 18.3. The highest BCUT2D eigenvalue weighted by molar-refractivity contribution is 5.76. The van der Waals surface area contributed by atoms with Crippen molar-refractivity contribution in [3.05, 3.63) is 47.4 Å². The maximum atomic E-state index is 12.9. The number of piperidine rings is 1. The molecule has 0 bridgehead atoms. The molecular weight excluding hydrogens is 309 g/mol. The maximum absolute atomic E-state index is 12.9. The minimum atomic E-state index is -0.228.